The summed E-state index contributed by atoms with van der Waals surface area (Å²) >= 11 is 0. The maximum absolute atomic E-state index is 10.6. The Morgan fingerprint density at radius 1 is 1.28 bits per heavy atom. The Kier molecular flexibility index (Phi) is 3.99. The van der Waals surface area contributed by atoms with Crippen LogP contribution < -0.4 is 10.6 Å². The third-order valence-electron chi connectivity index (χ3n) is 3.16. The summed E-state index contributed by atoms with van der Waals surface area (Å²) in [5.74, 6) is -0.441. The van der Waals surface area contributed by atoms with E-state index in [9.17, 15) is 9.90 Å². The number of rotatable bonds is 3. The lowest BCUT2D eigenvalue weighted by molar-refractivity contribution is -0.113. The van der Waals surface area contributed by atoms with Crippen LogP contribution in [-0.4, -0.2) is 30.2 Å². The van der Waals surface area contributed by atoms with E-state index in [2.05, 4.69) is 4.90 Å². The van der Waals surface area contributed by atoms with Crippen molar-refractivity contribution in [2.45, 2.75) is 18.9 Å². The highest BCUT2D eigenvalue weighted by atomic mass is 16.3. The molecule has 1 amide bonds. The van der Waals surface area contributed by atoms with Gasteiger partial charge in [-0.2, -0.15) is 0 Å². The van der Waals surface area contributed by atoms with Gasteiger partial charge < -0.3 is 15.7 Å². The smallest absolute Gasteiger partial charge is 0.241 e. The van der Waals surface area contributed by atoms with E-state index in [0.29, 0.717) is 0 Å². The maximum Gasteiger partial charge on any atom is 0.241 e. The number of hydrogen-bond donors (Lipinski definition) is 2. The number of piperidine rings is 1. The molecule has 0 radical (unpaired) electrons. The van der Waals surface area contributed by atoms with Crippen LogP contribution >= 0.6 is 0 Å². The Labute approximate surface area is 107 Å². The van der Waals surface area contributed by atoms with Gasteiger partial charge in [0.2, 0.25) is 5.91 Å². The Hall–Kier alpha value is -1.81. The van der Waals surface area contributed by atoms with E-state index >= 15 is 0 Å². The monoisotopic (exact) mass is 246 g/mol. The normalized spacial score (nSPS) is 17.3. The molecule has 1 aromatic rings. The fraction of sp³-hybridized carbons (Fsp3) is 0.357. The number of carbonyl (C=O) groups excluding carboxylic acids is 1. The van der Waals surface area contributed by atoms with Crippen LogP contribution in [0.2, 0.25) is 0 Å². The van der Waals surface area contributed by atoms with Crippen LogP contribution in [0.4, 0.5) is 5.69 Å². The topological polar surface area (TPSA) is 66.6 Å². The van der Waals surface area contributed by atoms with Crippen molar-refractivity contribution in [2.75, 3.05) is 18.0 Å². The third kappa shape index (κ3) is 3.34. The molecule has 4 heteroatoms. The molecule has 3 N–H and O–H groups in total. The molecule has 0 aromatic heterocycles. The van der Waals surface area contributed by atoms with Crippen molar-refractivity contribution in [2.24, 2.45) is 5.73 Å². The number of nitrogens with zero attached hydrogens (tertiary/aromatic N) is 1. The summed E-state index contributed by atoms with van der Waals surface area (Å²) < 4.78 is 0. The minimum atomic E-state index is -0.441. The second-order valence-corrected chi connectivity index (χ2v) is 4.55. The predicted octanol–water partition coefficient (Wildman–Crippen LogP) is 1.15. The van der Waals surface area contributed by atoms with Gasteiger partial charge in [0, 0.05) is 24.9 Å². The minimum absolute atomic E-state index is 0.154. The highest BCUT2D eigenvalue weighted by Crippen LogP contribution is 2.20. The summed E-state index contributed by atoms with van der Waals surface area (Å²) in [6.45, 7) is 1.77. The summed E-state index contributed by atoms with van der Waals surface area (Å²) in [4.78, 5) is 12.9. The van der Waals surface area contributed by atoms with Crippen LogP contribution in [-0.2, 0) is 4.79 Å². The summed E-state index contributed by atoms with van der Waals surface area (Å²) in [5, 5.41) is 9.46. The highest BCUT2D eigenvalue weighted by molar-refractivity contribution is 5.90. The Bertz CT molecular complexity index is 432. The molecule has 1 fully saturated rings. The first-order chi connectivity index (χ1) is 8.65. The van der Waals surface area contributed by atoms with Gasteiger partial charge >= 0.3 is 0 Å². The third-order valence-corrected chi connectivity index (χ3v) is 3.16. The molecule has 0 aliphatic carbocycles. The van der Waals surface area contributed by atoms with Gasteiger partial charge in [-0.3, -0.25) is 4.79 Å². The van der Waals surface area contributed by atoms with Gasteiger partial charge in [-0.1, -0.05) is 12.1 Å². The predicted molar refractivity (Wildman–Crippen MR) is 72.1 cm³/mol. The second-order valence-electron chi connectivity index (χ2n) is 4.55. The number of amides is 1. The molecular weight excluding hydrogens is 228 g/mol. The zero-order valence-corrected chi connectivity index (χ0v) is 10.2. The zero-order valence-electron chi connectivity index (χ0n) is 10.2. The number of primary amides is 1. The number of aliphatic hydroxyl groups is 1. The van der Waals surface area contributed by atoms with Gasteiger partial charge in [0.05, 0.1) is 6.10 Å². The highest BCUT2D eigenvalue weighted by Gasteiger charge is 2.16. The fourth-order valence-corrected chi connectivity index (χ4v) is 2.10. The summed E-state index contributed by atoms with van der Waals surface area (Å²) in [7, 11) is 0. The van der Waals surface area contributed by atoms with Crippen molar-refractivity contribution < 1.29 is 9.90 Å². The van der Waals surface area contributed by atoms with E-state index in [1.54, 1.807) is 6.08 Å². The Morgan fingerprint density at radius 2 is 1.89 bits per heavy atom. The fourth-order valence-electron chi connectivity index (χ4n) is 2.10. The summed E-state index contributed by atoms with van der Waals surface area (Å²) in [6.07, 6.45) is 4.55. The van der Waals surface area contributed by atoms with Gasteiger partial charge in [-0.25, -0.2) is 0 Å². The molecule has 0 spiro atoms. The number of carbonyl (C=O) groups is 1. The van der Waals surface area contributed by atoms with Crippen molar-refractivity contribution in [1.82, 2.24) is 0 Å². The molecule has 0 unspecified atom stereocenters. The average molecular weight is 246 g/mol. The lowest BCUT2D eigenvalue weighted by Crippen LogP contribution is -2.35. The number of hydrogen-bond acceptors (Lipinski definition) is 3. The van der Waals surface area contributed by atoms with E-state index in [0.717, 1.165) is 37.2 Å². The minimum Gasteiger partial charge on any atom is -0.393 e. The molecule has 0 atom stereocenters. The molecule has 1 heterocycles. The molecule has 1 saturated heterocycles. The molecule has 1 aromatic carbocycles. The van der Waals surface area contributed by atoms with Crippen molar-refractivity contribution >= 4 is 17.7 Å². The van der Waals surface area contributed by atoms with Gasteiger partial charge in [-0.15, -0.1) is 0 Å². The molecule has 1 aliphatic heterocycles. The molecule has 0 saturated carbocycles. The standard InChI is InChI=1S/C14H18N2O2/c15-14(18)6-3-11-1-4-12(5-2-11)16-9-7-13(17)8-10-16/h1-6,13,17H,7-10H2,(H2,15,18). The van der Waals surface area contributed by atoms with E-state index in [-0.39, 0.29) is 6.10 Å². The molecule has 4 nitrogen and oxygen atoms in total. The summed E-state index contributed by atoms with van der Waals surface area (Å²) in [6, 6.07) is 7.97. The molecule has 0 bridgehead atoms. The SMILES string of the molecule is NC(=O)C=Cc1ccc(N2CCC(O)CC2)cc1. The van der Waals surface area contributed by atoms with Gasteiger partial charge in [-0.05, 0) is 36.6 Å². The lowest BCUT2D eigenvalue weighted by Gasteiger charge is -2.31. The van der Waals surface area contributed by atoms with Gasteiger partial charge in [0.1, 0.15) is 0 Å². The molecule has 2 rings (SSSR count). The quantitative estimate of drug-likeness (QED) is 0.786. The van der Waals surface area contributed by atoms with Crippen LogP contribution in [0.25, 0.3) is 6.08 Å². The van der Waals surface area contributed by atoms with Crippen LogP contribution in [0.5, 0.6) is 0 Å². The first-order valence-electron chi connectivity index (χ1n) is 6.16. The van der Waals surface area contributed by atoms with E-state index in [4.69, 9.17) is 5.73 Å². The summed E-state index contributed by atoms with van der Waals surface area (Å²) in [5.41, 5.74) is 7.15. The number of aliphatic hydroxyl groups excluding tert-OH is 1. The Balaban J connectivity index is 2.01. The van der Waals surface area contributed by atoms with E-state index < -0.39 is 5.91 Å². The average Bonchev–Trinajstić information content (AvgIpc) is 2.38. The van der Waals surface area contributed by atoms with Crippen LogP contribution in [0.15, 0.2) is 30.3 Å². The molecule has 1 aliphatic rings. The van der Waals surface area contributed by atoms with E-state index in [1.165, 1.54) is 6.08 Å². The molecular formula is C14H18N2O2. The lowest BCUT2D eigenvalue weighted by atomic mass is 10.1. The Morgan fingerprint density at radius 3 is 2.44 bits per heavy atom. The van der Waals surface area contributed by atoms with Gasteiger partial charge in [0.15, 0.2) is 0 Å². The molecule has 18 heavy (non-hydrogen) atoms. The van der Waals surface area contributed by atoms with Crippen molar-refractivity contribution in [3.63, 3.8) is 0 Å². The number of nitrogens with two attached hydrogens (primary N) is 1. The first kappa shape index (κ1) is 12.6. The number of anilines is 1. The zero-order chi connectivity index (χ0) is 13.0. The van der Waals surface area contributed by atoms with Crippen molar-refractivity contribution in [3.05, 3.63) is 35.9 Å². The maximum atomic E-state index is 10.6. The largest absolute Gasteiger partial charge is 0.393 e. The molecule has 96 valence electrons. The van der Waals surface area contributed by atoms with E-state index in [1.807, 2.05) is 24.3 Å². The van der Waals surface area contributed by atoms with Gasteiger partial charge in [0.25, 0.3) is 0 Å². The van der Waals surface area contributed by atoms with Crippen LogP contribution in [0.3, 0.4) is 0 Å². The van der Waals surface area contributed by atoms with Crippen LogP contribution in [0.1, 0.15) is 18.4 Å². The van der Waals surface area contributed by atoms with Crippen molar-refractivity contribution in [3.8, 4) is 0 Å². The second kappa shape index (κ2) is 5.69. The number of benzene rings is 1. The van der Waals surface area contributed by atoms with Crippen LogP contribution in [0, 0.1) is 0 Å². The van der Waals surface area contributed by atoms with Crippen molar-refractivity contribution in [1.29, 1.82) is 0 Å². The first-order valence-corrected chi connectivity index (χ1v) is 6.16.